The second-order valence-electron chi connectivity index (χ2n) is 4.74. The third kappa shape index (κ3) is 9.15. The Bertz CT molecular complexity index is 396. The number of carbonyl (C=O) groups is 1. The van der Waals surface area contributed by atoms with Crippen LogP contribution in [0.25, 0.3) is 0 Å². The molecule has 0 aliphatic heterocycles. The van der Waals surface area contributed by atoms with E-state index in [0.717, 1.165) is 17.9 Å². The normalized spacial score (nSPS) is 11.2. The molecule has 0 radical (unpaired) electrons. The standard InChI is InChI=1S/C15H24N2O3.ClH/c1-12(16)9-10-17-15(18)4-3-11-20-14-7-5-13(19-2)6-8-14;/h5-8,12H,3-4,9-11,16H2,1-2H3,(H,17,18);1H. The Morgan fingerprint density at radius 1 is 1.29 bits per heavy atom. The molecular weight excluding hydrogens is 292 g/mol. The summed E-state index contributed by atoms with van der Waals surface area (Å²) in [5.74, 6) is 1.62. The number of nitrogens with one attached hydrogen (secondary N) is 1. The van der Waals surface area contributed by atoms with Gasteiger partial charge < -0.3 is 20.5 Å². The number of benzene rings is 1. The lowest BCUT2D eigenvalue weighted by molar-refractivity contribution is -0.121. The molecule has 0 aromatic heterocycles. The molecule has 1 amide bonds. The maximum atomic E-state index is 11.5. The lowest BCUT2D eigenvalue weighted by Gasteiger charge is -2.08. The van der Waals surface area contributed by atoms with Crippen LogP contribution in [0, 0.1) is 0 Å². The van der Waals surface area contributed by atoms with Gasteiger partial charge in [0.25, 0.3) is 0 Å². The van der Waals surface area contributed by atoms with Crippen molar-refractivity contribution in [2.75, 3.05) is 20.3 Å². The molecule has 0 bridgehead atoms. The highest BCUT2D eigenvalue weighted by molar-refractivity contribution is 5.85. The van der Waals surface area contributed by atoms with Crippen LogP contribution in [0.15, 0.2) is 24.3 Å². The van der Waals surface area contributed by atoms with E-state index in [1.165, 1.54) is 0 Å². The topological polar surface area (TPSA) is 73.6 Å². The number of rotatable bonds is 9. The molecule has 0 spiro atoms. The zero-order valence-electron chi connectivity index (χ0n) is 12.6. The number of halogens is 1. The summed E-state index contributed by atoms with van der Waals surface area (Å²) in [5, 5.41) is 2.84. The Morgan fingerprint density at radius 3 is 2.48 bits per heavy atom. The Kier molecular flexibility index (Phi) is 10.4. The van der Waals surface area contributed by atoms with Gasteiger partial charge in [-0.05, 0) is 44.0 Å². The number of hydrogen-bond donors (Lipinski definition) is 2. The van der Waals surface area contributed by atoms with Crippen LogP contribution in [0.2, 0.25) is 0 Å². The number of ether oxygens (including phenoxy) is 2. The predicted molar refractivity (Wildman–Crippen MR) is 86.2 cm³/mol. The van der Waals surface area contributed by atoms with E-state index < -0.39 is 0 Å². The van der Waals surface area contributed by atoms with Gasteiger partial charge in [0.05, 0.1) is 13.7 Å². The first kappa shape index (κ1) is 19.5. The van der Waals surface area contributed by atoms with Crippen LogP contribution in [0.1, 0.15) is 26.2 Å². The molecule has 3 N–H and O–H groups in total. The van der Waals surface area contributed by atoms with E-state index in [0.29, 0.717) is 26.0 Å². The van der Waals surface area contributed by atoms with E-state index in [-0.39, 0.29) is 24.4 Å². The Morgan fingerprint density at radius 2 is 1.90 bits per heavy atom. The van der Waals surface area contributed by atoms with E-state index in [2.05, 4.69) is 5.32 Å². The summed E-state index contributed by atoms with van der Waals surface area (Å²) in [5.41, 5.74) is 5.61. The summed E-state index contributed by atoms with van der Waals surface area (Å²) in [6.45, 7) is 3.08. The van der Waals surface area contributed by atoms with Crippen LogP contribution < -0.4 is 20.5 Å². The molecule has 6 heteroatoms. The van der Waals surface area contributed by atoms with E-state index in [1.807, 2.05) is 31.2 Å². The molecule has 0 aliphatic rings. The molecule has 1 unspecified atom stereocenters. The van der Waals surface area contributed by atoms with Crippen molar-refractivity contribution < 1.29 is 14.3 Å². The van der Waals surface area contributed by atoms with Crippen molar-refractivity contribution >= 4 is 18.3 Å². The van der Waals surface area contributed by atoms with E-state index >= 15 is 0 Å². The summed E-state index contributed by atoms with van der Waals surface area (Å²) in [6, 6.07) is 7.50. The molecule has 1 rings (SSSR count). The molecular formula is C15H25ClN2O3. The van der Waals surface area contributed by atoms with Crippen LogP contribution in [0.3, 0.4) is 0 Å². The van der Waals surface area contributed by atoms with Gasteiger partial charge in [0.2, 0.25) is 5.91 Å². The van der Waals surface area contributed by atoms with Gasteiger partial charge in [0, 0.05) is 19.0 Å². The average molecular weight is 317 g/mol. The lowest BCUT2D eigenvalue weighted by atomic mass is 10.2. The minimum atomic E-state index is 0. The third-order valence-electron chi connectivity index (χ3n) is 2.80. The van der Waals surface area contributed by atoms with Gasteiger partial charge in [0.15, 0.2) is 0 Å². The fourth-order valence-electron chi connectivity index (χ4n) is 1.62. The zero-order valence-corrected chi connectivity index (χ0v) is 13.4. The van der Waals surface area contributed by atoms with E-state index in [1.54, 1.807) is 7.11 Å². The molecule has 1 aromatic carbocycles. The van der Waals surface area contributed by atoms with Gasteiger partial charge in [-0.15, -0.1) is 12.4 Å². The van der Waals surface area contributed by atoms with Crippen molar-refractivity contribution in [3.8, 4) is 11.5 Å². The maximum absolute atomic E-state index is 11.5. The molecule has 0 fully saturated rings. The first-order valence-electron chi connectivity index (χ1n) is 6.91. The van der Waals surface area contributed by atoms with Gasteiger partial charge in [-0.3, -0.25) is 4.79 Å². The van der Waals surface area contributed by atoms with Crippen molar-refractivity contribution in [2.45, 2.75) is 32.2 Å². The van der Waals surface area contributed by atoms with Gasteiger partial charge in [-0.25, -0.2) is 0 Å². The SMILES string of the molecule is COc1ccc(OCCCC(=O)NCCC(C)N)cc1.Cl. The first-order chi connectivity index (χ1) is 9.61. The summed E-state index contributed by atoms with van der Waals surface area (Å²) in [4.78, 5) is 11.5. The highest BCUT2D eigenvalue weighted by Crippen LogP contribution is 2.17. The largest absolute Gasteiger partial charge is 0.497 e. The molecule has 0 aliphatic carbocycles. The first-order valence-corrected chi connectivity index (χ1v) is 6.91. The summed E-state index contributed by atoms with van der Waals surface area (Å²) >= 11 is 0. The van der Waals surface area contributed by atoms with E-state index in [9.17, 15) is 4.79 Å². The van der Waals surface area contributed by atoms with Crippen molar-refractivity contribution in [2.24, 2.45) is 5.73 Å². The van der Waals surface area contributed by atoms with Crippen LogP contribution in [0.4, 0.5) is 0 Å². The minimum absolute atomic E-state index is 0. The Hall–Kier alpha value is -1.46. The molecule has 120 valence electrons. The number of carbonyl (C=O) groups excluding carboxylic acids is 1. The Labute approximate surface area is 132 Å². The van der Waals surface area contributed by atoms with Gasteiger partial charge in [-0.1, -0.05) is 0 Å². The van der Waals surface area contributed by atoms with Crippen LogP contribution >= 0.6 is 12.4 Å². The van der Waals surface area contributed by atoms with Crippen LogP contribution in [0.5, 0.6) is 11.5 Å². The fraction of sp³-hybridized carbons (Fsp3) is 0.533. The second-order valence-corrected chi connectivity index (χ2v) is 4.74. The summed E-state index contributed by atoms with van der Waals surface area (Å²) in [6.07, 6.45) is 1.96. The number of amides is 1. The summed E-state index contributed by atoms with van der Waals surface area (Å²) < 4.78 is 10.6. The second kappa shape index (κ2) is 11.2. The quantitative estimate of drug-likeness (QED) is 0.684. The van der Waals surface area contributed by atoms with Crippen molar-refractivity contribution in [3.05, 3.63) is 24.3 Å². The van der Waals surface area contributed by atoms with Gasteiger partial charge in [-0.2, -0.15) is 0 Å². The average Bonchev–Trinajstić information content (AvgIpc) is 2.44. The molecule has 0 saturated carbocycles. The zero-order chi connectivity index (χ0) is 14.8. The Balaban J connectivity index is 0.00000400. The van der Waals surface area contributed by atoms with Gasteiger partial charge in [0.1, 0.15) is 11.5 Å². The molecule has 1 atom stereocenters. The van der Waals surface area contributed by atoms with Crippen molar-refractivity contribution in [1.82, 2.24) is 5.32 Å². The van der Waals surface area contributed by atoms with Gasteiger partial charge >= 0.3 is 0 Å². The molecule has 1 aromatic rings. The predicted octanol–water partition coefficient (Wildman–Crippen LogP) is 2.13. The maximum Gasteiger partial charge on any atom is 0.220 e. The number of methoxy groups -OCH3 is 1. The fourth-order valence-corrected chi connectivity index (χ4v) is 1.62. The number of nitrogens with two attached hydrogens (primary N) is 1. The molecule has 21 heavy (non-hydrogen) atoms. The minimum Gasteiger partial charge on any atom is -0.497 e. The monoisotopic (exact) mass is 316 g/mol. The van der Waals surface area contributed by atoms with Crippen molar-refractivity contribution in [3.63, 3.8) is 0 Å². The highest BCUT2D eigenvalue weighted by Gasteiger charge is 2.02. The summed E-state index contributed by atoms with van der Waals surface area (Å²) in [7, 11) is 1.62. The lowest BCUT2D eigenvalue weighted by Crippen LogP contribution is -2.28. The molecule has 5 nitrogen and oxygen atoms in total. The number of hydrogen-bond acceptors (Lipinski definition) is 4. The van der Waals surface area contributed by atoms with Crippen LogP contribution in [-0.4, -0.2) is 32.2 Å². The van der Waals surface area contributed by atoms with Crippen molar-refractivity contribution in [1.29, 1.82) is 0 Å². The highest BCUT2D eigenvalue weighted by atomic mass is 35.5. The molecule has 0 heterocycles. The smallest absolute Gasteiger partial charge is 0.220 e. The molecule has 0 saturated heterocycles. The van der Waals surface area contributed by atoms with E-state index in [4.69, 9.17) is 15.2 Å². The van der Waals surface area contributed by atoms with Crippen LogP contribution in [-0.2, 0) is 4.79 Å². The third-order valence-corrected chi connectivity index (χ3v) is 2.80.